The molecular formula is C22H33N4O2P. The largest absolute Gasteiger partial charge is 0.480 e. The molecule has 2 aromatic carbocycles. The van der Waals surface area contributed by atoms with E-state index in [-0.39, 0.29) is 6.54 Å². The van der Waals surface area contributed by atoms with Crippen molar-refractivity contribution in [3.63, 3.8) is 0 Å². The topological polar surface area (TPSA) is 76.6 Å². The van der Waals surface area contributed by atoms with E-state index in [0.29, 0.717) is 6.54 Å². The molecule has 0 atom stereocenters. The molecule has 6 nitrogen and oxygen atoms in total. The first-order valence-corrected chi connectivity index (χ1v) is 11.5. The maximum atomic E-state index is 10.5. The number of rotatable bonds is 15. The van der Waals surface area contributed by atoms with E-state index in [1.807, 2.05) is 0 Å². The van der Waals surface area contributed by atoms with Crippen LogP contribution in [0.2, 0.25) is 0 Å². The van der Waals surface area contributed by atoms with Crippen molar-refractivity contribution in [1.82, 2.24) is 20.6 Å². The highest BCUT2D eigenvalue weighted by Gasteiger charge is 2.13. The van der Waals surface area contributed by atoms with Crippen molar-refractivity contribution in [1.29, 1.82) is 0 Å². The minimum atomic E-state index is -0.819. The van der Waals surface area contributed by atoms with Gasteiger partial charge in [-0.3, -0.25) is 9.88 Å². The molecule has 0 fully saturated rings. The third-order valence-corrected chi connectivity index (χ3v) is 6.70. The summed E-state index contributed by atoms with van der Waals surface area (Å²) < 4.78 is 0. The first-order valence-electron chi connectivity index (χ1n) is 10.2. The van der Waals surface area contributed by atoms with Crippen LogP contribution >= 0.6 is 8.07 Å². The van der Waals surface area contributed by atoms with Crippen molar-refractivity contribution < 1.29 is 9.90 Å². The summed E-state index contributed by atoms with van der Waals surface area (Å²) in [4.78, 5) is 12.9. The van der Waals surface area contributed by atoms with Crippen LogP contribution in [-0.2, 0) is 4.79 Å². The SMILES string of the molecule is CCN(CCNCCNCC(=O)O)CCNP(c1ccccc1)c1ccccc1. The fourth-order valence-electron chi connectivity index (χ4n) is 2.97. The first kappa shape index (κ1) is 23.5. The fraction of sp³-hybridized carbons (Fsp3) is 0.409. The number of hydrogen-bond donors (Lipinski definition) is 4. The lowest BCUT2D eigenvalue weighted by Crippen LogP contribution is -2.39. The van der Waals surface area contributed by atoms with Gasteiger partial charge in [0.25, 0.3) is 0 Å². The molecule has 2 aromatic rings. The third kappa shape index (κ3) is 9.48. The minimum absolute atomic E-state index is 0.0141. The van der Waals surface area contributed by atoms with Crippen LogP contribution < -0.4 is 26.3 Å². The molecule has 2 rings (SSSR count). The maximum Gasteiger partial charge on any atom is 0.317 e. The van der Waals surface area contributed by atoms with Gasteiger partial charge >= 0.3 is 5.97 Å². The highest BCUT2D eigenvalue weighted by atomic mass is 31.1. The summed E-state index contributed by atoms with van der Waals surface area (Å²) in [6.45, 7) is 8.45. The van der Waals surface area contributed by atoms with Crippen molar-refractivity contribution in [2.24, 2.45) is 0 Å². The van der Waals surface area contributed by atoms with Crippen molar-refractivity contribution in [2.45, 2.75) is 6.92 Å². The number of carbonyl (C=O) groups is 1. The zero-order chi connectivity index (χ0) is 20.7. The van der Waals surface area contributed by atoms with E-state index < -0.39 is 14.0 Å². The third-order valence-electron chi connectivity index (χ3n) is 4.53. The normalized spacial score (nSPS) is 11.3. The Morgan fingerprint density at radius 1 is 0.862 bits per heavy atom. The highest BCUT2D eigenvalue weighted by Crippen LogP contribution is 2.27. The Balaban J connectivity index is 1.73. The van der Waals surface area contributed by atoms with Crippen LogP contribution in [-0.4, -0.2) is 68.3 Å². The molecule has 0 aromatic heterocycles. The van der Waals surface area contributed by atoms with E-state index in [9.17, 15) is 4.79 Å². The van der Waals surface area contributed by atoms with Gasteiger partial charge in [-0.1, -0.05) is 67.6 Å². The summed E-state index contributed by atoms with van der Waals surface area (Å²) in [5, 5.41) is 21.3. The van der Waals surface area contributed by atoms with Crippen molar-refractivity contribution in [2.75, 3.05) is 52.4 Å². The second-order valence-electron chi connectivity index (χ2n) is 6.67. The predicted molar refractivity (Wildman–Crippen MR) is 123 cm³/mol. The average molecular weight is 417 g/mol. The molecule has 158 valence electrons. The second kappa shape index (κ2) is 14.2. The van der Waals surface area contributed by atoms with Crippen LogP contribution in [0.25, 0.3) is 0 Å². The molecule has 29 heavy (non-hydrogen) atoms. The summed E-state index contributed by atoms with van der Waals surface area (Å²) in [6.07, 6.45) is 0. The highest BCUT2D eigenvalue weighted by molar-refractivity contribution is 7.71. The lowest BCUT2D eigenvalue weighted by atomic mass is 10.4. The van der Waals surface area contributed by atoms with Crippen LogP contribution in [0.4, 0.5) is 0 Å². The Morgan fingerprint density at radius 3 is 1.97 bits per heavy atom. The standard InChI is InChI=1S/C22H33N4O2P/c1-2-26(17-15-23-13-14-24-19-22(27)28)18-16-25-29(20-9-5-3-6-10-20)21-11-7-4-8-12-21/h3-12,23-25H,2,13-19H2,1H3,(H,27,28). The van der Waals surface area contributed by atoms with E-state index in [2.05, 4.69) is 88.2 Å². The van der Waals surface area contributed by atoms with Crippen LogP contribution in [0.1, 0.15) is 6.92 Å². The van der Waals surface area contributed by atoms with Gasteiger partial charge < -0.3 is 20.6 Å². The number of benzene rings is 2. The Kier molecular flexibility index (Phi) is 11.5. The molecule has 4 N–H and O–H groups in total. The van der Waals surface area contributed by atoms with E-state index >= 15 is 0 Å². The molecule has 0 bridgehead atoms. The molecule has 0 aliphatic carbocycles. The van der Waals surface area contributed by atoms with Gasteiger partial charge in [-0.2, -0.15) is 0 Å². The quantitative estimate of drug-likeness (QED) is 0.258. The van der Waals surface area contributed by atoms with Gasteiger partial charge in [0.15, 0.2) is 0 Å². The molecule has 0 unspecified atom stereocenters. The minimum Gasteiger partial charge on any atom is -0.480 e. The van der Waals surface area contributed by atoms with Crippen LogP contribution in [0.15, 0.2) is 60.7 Å². The monoisotopic (exact) mass is 416 g/mol. The Hall–Kier alpha value is -1.82. The van der Waals surface area contributed by atoms with E-state index in [0.717, 1.165) is 39.3 Å². The Morgan fingerprint density at radius 2 is 1.41 bits per heavy atom. The predicted octanol–water partition coefficient (Wildman–Crippen LogP) is 1.21. The Bertz CT molecular complexity index is 648. The molecule has 0 aliphatic rings. The number of aliphatic carboxylic acids is 1. The number of carboxylic acids is 1. The first-order chi connectivity index (χ1) is 14.2. The molecule has 0 aliphatic heterocycles. The number of likely N-dealkylation sites (N-methyl/N-ethyl adjacent to an activating group) is 1. The fourth-order valence-corrected chi connectivity index (χ4v) is 4.90. The molecule has 0 heterocycles. The molecule has 0 spiro atoms. The van der Waals surface area contributed by atoms with Crippen LogP contribution in [0.5, 0.6) is 0 Å². The van der Waals surface area contributed by atoms with Crippen LogP contribution in [0.3, 0.4) is 0 Å². The lowest BCUT2D eigenvalue weighted by Gasteiger charge is -2.24. The zero-order valence-electron chi connectivity index (χ0n) is 17.2. The molecule has 0 saturated carbocycles. The lowest BCUT2D eigenvalue weighted by molar-refractivity contribution is -0.135. The summed E-state index contributed by atoms with van der Waals surface area (Å²) in [5.41, 5.74) is 0. The summed E-state index contributed by atoms with van der Waals surface area (Å²) in [6, 6.07) is 21.3. The van der Waals surface area contributed by atoms with Crippen molar-refractivity contribution in [3.05, 3.63) is 60.7 Å². The van der Waals surface area contributed by atoms with Crippen molar-refractivity contribution >= 4 is 24.7 Å². The number of hydrogen-bond acceptors (Lipinski definition) is 5. The van der Waals surface area contributed by atoms with Gasteiger partial charge in [-0.25, -0.2) is 0 Å². The van der Waals surface area contributed by atoms with E-state index in [1.165, 1.54) is 10.6 Å². The van der Waals surface area contributed by atoms with Gasteiger partial charge in [0.2, 0.25) is 0 Å². The average Bonchev–Trinajstić information content (AvgIpc) is 2.75. The molecule has 0 amide bonds. The summed E-state index contributed by atoms with van der Waals surface area (Å²) in [7, 11) is -0.563. The maximum absolute atomic E-state index is 10.5. The van der Waals surface area contributed by atoms with Gasteiger partial charge in [0.05, 0.1) is 6.54 Å². The second-order valence-corrected chi connectivity index (χ2v) is 8.69. The van der Waals surface area contributed by atoms with E-state index in [4.69, 9.17) is 5.11 Å². The molecule has 0 radical (unpaired) electrons. The number of nitrogens with zero attached hydrogens (tertiary/aromatic N) is 1. The summed E-state index contributed by atoms with van der Waals surface area (Å²) in [5.74, 6) is -0.819. The zero-order valence-corrected chi connectivity index (χ0v) is 18.1. The number of nitrogens with one attached hydrogen (secondary N) is 3. The number of carboxylic acid groups (broad SMARTS) is 1. The van der Waals surface area contributed by atoms with E-state index in [1.54, 1.807) is 0 Å². The van der Waals surface area contributed by atoms with Crippen LogP contribution in [0, 0.1) is 0 Å². The van der Waals surface area contributed by atoms with Gasteiger partial charge in [-0.15, -0.1) is 0 Å². The van der Waals surface area contributed by atoms with Gasteiger partial charge in [-0.05, 0) is 17.2 Å². The van der Waals surface area contributed by atoms with Gasteiger partial charge in [0.1, 0.15) is 0 Å². The molecular weight excluding hydrogens is 383 g/mol. The molecule has 7 heteroatoms. The molecule has 0 saturated heterocycles. The smallest absolute Gasteiger partial charge is 0.317 e. The Labute approximate surface area is 175 Å². The summed E-state index contributed by atoms with van der Waals surface area (Å²) >= 11 is 0. The van der Waals surface area contributed by atoms with Gasteiger partial charge in [0, 0.05) is 47.3 Å². The van der Waals surface area contributed by atoms with Crippen molar-refractivity contribution in [3.8, 4) is 0 Å².